The van der Waals surface area contributed by atoms with Crippen LogP contribution in [0.2, 0.25) is 0 Å². The Morgan fingerprint density at radius 1 is 1.40 bits per heavy atom. The van der Waals surface area contributed by atoms with Gasteiger partial charge < -0.3 is 10.0 Å². The van der Waals surface area contributed by atoms with Crippen LogP contribution >= 0.6 is 12.6 Å². The predicted molar refractivity (Wildman–Crippen MR) is 62.2 cm³/mol. The molecule has 0 fully saturated rings. The molecule has 0 spiro atoms. The van der Waals surface area contributed by atoms with Crippen molar-refractivity contribution < 1.29 is 14.7 Å². The van der Waals surface area contributed by atoms with E-state index in [0.717, 1.165) is 19.3 Å². The molecule has 1 amide bonds. The molecule has 15 heavy (non-hydrogen) atoms. The number of hydrogen-bond acceptors (Lipinski definition) is 3. The third-order valence-corrected chi connectivity index (χ3v) is 2.59. The molecule has 0 aromatic heterocycles. The molecule has 0 aliphatic heterocycles. The lowest BCUT2D eigenvalue weighted by molar-refractivity contribution is -0.148. The van der Waals surface area contributed by atoms with E-state index in [-0.39, 0.29) is 11.7 Å². The fraction of sp³-hybridized carbons (Fsp3) is 0.800. The molecule has 0 heterocycles. The molecular weight excluding hydrogens is 214 g/mol. The average molecular weight is 233 g/mol. The molecule has 0 aromatic rings. The molecule has 0 aliphatic rings. The summed E-state index contributed by atoms with van der Waals surface area (Å²) in [5.41, 5.74) is 0. The molecule has 0 unspecified atom stereocenters. The van der Waals surface area contributed by atoms with Gasteiger partial charge >= 0.3 is 5.97 Å². The minimum absolute atomic E-state index is 0.154. The highest BCUT2D eigenvalue weighted by Gasteiger charge is 2.25. The van der Waals surface area contributed by atoms with Gasteiger partial charge in [0.05, 0.1) is 0 Å². The standard InChI is InChI=1S/C10H19NO3S/c1-3-4-5-6-11(8(2)12)9(7-15)10(13)14/h9,15H,3-7H2,1-2H3,(H,13,14)/t9-/m0/s1. The lowest BCUT2D eigenvalue weighted by atomic mass is 10.2. The van der Waals surface area contributed by atoms with Crippen molar-refractivity contribution in [2.75, 3.05) is 12.3 Å². The summed E-state index contributed by atoms with van der Waals surface area (Å²) in [6.45, 7) is 3.96. The highest BCUT2D eigenvalue weighted by molar-refractivity contribution is 7.80. The topological polar surface area (TPSA) is 57.6 Å². The van der Waals surface area contributed by atoms with Gasteiger partial charge in [0.2, 0.25) is 5.91 Å². The van der Waals surface area contributed by atoms with Crippen LogP contribution in [-0.2, 0) is 9.59 Å². The van der Waals surface area contributed by atoms with Crippen LogP contribution in [0.3, 0.4) is 0 Å². The predicted octanol–water partition coefficient (Wildman–Crippen LogP) is 1.41. The van der Waals surface area contributed by atoms with Crippen molar-refractivity contribution in [3.05, 3.63) is 0 Å². The summed E-state index contributed by atoms with van der Waals surface area (Å²) < 4.78 is 0. The van der Waals surface area contributed by atoms with Crippen LogP contribution in [-0.4, -0.2) is 40.2 Å². The van der Waals surface area contributed by atoms with E-state index >= 15 is 0 Å². The third-order valence-electron chi connectivity index (χ3n) is 2.24. The molecular formula is C10H19NO3S. The SMILES string of the molecule is CCCCCN(C(C)=O)[C@@H](CS)C(=O)O. The zero-order valence-corrected chi connectivity index (χ0v) is 10.2. The van der Waals surface area contributed by atoms with Gasteiger partial charge in [-0.3, -0.25) is 4.79 Å². The first kappa shape index (κ1) is 14.3. The van der Waals surface area contributed by atoms with E-state index < -0.39 is 12.0 Å². The van der Waals surface area contributed by atoms with Gasteiger partial charge in [0, 0.05) is 19.2 Å². The maximum Gasteiger partial charge on any atom is 0.327 e. The molecule has 0 radical (unpaired) electrons. The molecule has 0 bridgehead atoms. The summed E-state index contributed by atoms with van der Waals surface area (Å²) >= 11 is 3.96. The summed E-state index contributed by atoms with van der Waals surface area (Å²) in [6, 6.07) is -0.803. The number of aliphatic carboxylic acids is 1. The quantitative estimate of drug-likeness (QED) is 0.516. The minimum atomic E-state index is -0.989. The Bertz CT molecular complexity index is 221. The second kappa shape index (κ2) is 7.56. The van der Waals surface area contributed by atoms with E-state index in [2.05, 4.69) is 19.6 Å². The molecule has 1 N–H and O–H groups in total. The van der Waals surface area contributed by atoms with E-state index in [1.807, 2.05) is 0 Å². The van der Waals surface area contributed by atoms with Crippen molar-refractivity contribution in [1.29, 1.82) is 0 Å². The van der Waals surface area contributed by atoms with Crippen LogP contribution in [0.25, 0.3) is 0 Å². The van der Waals surface area contributed by atoms with Crippen molar-refractivity contribution >= 4 is 24.5 Å². The molecule has 5 heteroatoms. The first-order valence-electron chi connectivity index (χ1n) is 5.15. The van der Waals surface area contributed by atoms with E-state index in [9.17, 15) is 9.59 Å². The van der Waals surface area contributed by atoms with Crippen molar-refractivity contribution in [2.45, 2.75) is 39.2 Å². The van der Waals surface area contributed by atoms with Gasteiger partial charge in [-0.15, -0.1) is 0 Å². The smallest absolute Gasteiger partial charge is 0.327 e. The monoisotopic (exact) mass is 233 g/mol. The van der Waals surface area contributed by atoms with Crippen LogP contribution < -0.4 is 0 Å². The Hall–Kier alpha value is -0.710. The Morgan fingerprint density at radius 3 is 2.33 bits per heavy atom. The lowest BCUT2D eigenvalue weighted by Crippen LogP contribution is -2.45. The molecule has 0 aliphatic carbocycles. The minimum Gasteiger partial charge on any atom is -0.480 e. The van der Waals surface area contributed by atoms with Crippen LogP contribution in [0.5, 0.6) is 0 Å². The summed E-state index contributed by atoms with van der Waals surface area (Å²) in [5.74, 6) is -1.04. The fourth-order valence-corrected chi connectivity index (χ4v) is 1.73. The van der Waals surface area contributed by atoms with Gasteiger partial charge in [-0.25, -0.2) is 4.79 Å². The van der Waals surface area contributed by atoms with E-state index in [1.165, 1.54) is 11.8 Å². The fourth-order valence-electron chi connectivity index (χ4n) is 1.37. The summed E-state index contributed by atoms with van der Waals surface area (Å²) in [4.78, 5) is 23.5. The van der Waals surface area contributed by atoms with E-state index in [0.29, 0.717) is 6.54 Å². The van der Waals surface area contributed by atoms with Gasteiger partial charge in [-0.1, -0.05) is 19.8 Å². The molecule has 4 nitrogen and oxygen atoms in total. The molecule has 0 saturated heterocycles. The number of rotatable bonds is 7. The lowest BCUT2D eigenvalue weighted by Gasteiger charge is -2.26. The van der Waals surface area contributed by atoms with Crippen molar-refractivity contribution in [1.82, 2.24) is 4.90 Å². The zero-order valence-electron chi connectivity index (χ0n) is 9.27. The first-order valence-corrected chi connectivity index (χ1v) is 5.78. The Labute approximate surface area is 96.1 Å². The Balaban J connectivity index is 4.35. The van der Waals surface area contributed by atoms with Gasteiger partial charge in [0.25, 0.3) is 0 Å². The number of thiol groups is 1. The number of carboxylic acid groups (broad SMARTS) is 1. The van der Waals surface area contributed by atoms with Crippen molar-refractivity contribution in [3.8, 4) is 0 Å². The Kier molecular flexibility index (Phi) is 7.21. The first-order chi connectivity index (χ1) is 7.04. The number of unbranched alkanes of at least 4 members (excludes halogenated alkanes) is 2. The number of nitrogens with zero attached hydrogens (tertiary/aromatic N) is 1. The van der Waals surface area contributed by atoms with Crippen molar-refractivity contribution in [2.24, 2.45) is 0 Å². The van der Waals surface area contributed by atoms with E-state index in [4.69, 9.17) is 5.11 Å². The maximum absolute atomic E-state index is 11.3. The molecule has 0 aromatic carbocycles. The van der Waals surface area contributed by atoms with Gasteiger partial charge in [-0.2, -0.15) is 12.6 Å². The Morgan fingerprint density at radius 2 is 2.00 bits per heavy atom. The van der Waals surface area contributed by atoms with Crippen LogP contribution in [0, 0.1) is 0 Å². The largest absolute Gasteiger partial charge is 0.480 e. The normalized spacial score (nSPS) is 12.2. The summed E-state index contributed by atoms with van der Waals surface area (Å²) in [5, 5.41) is 8.91. The number of hydrogen-bond donors (Lipinski definition) is 2. The number of carboxylic acids is 1. The van der Waals surface area contributed by atoms with Crippen molar-refractivity contribution in [3.63, 3.8) is 0 Å². The molecule has 1 atom stereocenters. The average Bonchev–Trinajstić information content (AvgIpc) is 2.16. The van der Waals surface area contributed by atoms with Crippen LogP contribution in [0.15, 0.2) is 0 Å². The van der Waals surface area contributed by atoms with Gasteiger partial charge in [0.15, 0.2) is 0 Å². The second-order valence-corrected chi connectivity index (χ2v) is 3.82. The highest BCUT2D eigenvalue weighted by atomic mass is 32.1. The summed E-state index contributed by atoms with van der Waals surface area (Å²) in [7, 11) is 0. The number of carbonyl (C=O) groups excluding carboxylic acids is 1. The molecule has 0 saturated carbocycles. The maximum atomic E-state index is 11.3. The van der Waals surface area contributed by atoms with Gasteiger partial charge in [-0.05, 0) is 6.42 Å². The van der Waals surface area contributed by atoms with Crippen LogP contribution in [0.4, 0.5) is 0 Å². The third kappa shape index (κ3) is 5.06. The second-order valence-electron chi connectivity index (χ2n) is 3.46. The molecule has 0 rings (SSSR count). The number of amides is 1. The van der Waals surface area contributed by atoms with Gasteiger partial charge in [0.1, 0.15) is 6.04 Å². The summed E-state index contributed by atoms with van der Waals surface area (Å²) in [6.07, 6.45) is 2.89. The van der Waals surface area contributed by atoms with E-state index in [1.54, 1.807) is 0 Å². The van der Waals surface area contributed by atoms with Crippen LogP contribution in [0.1, 0.15) is 33.1 Å². The zero-order chi connectivity index (χ0) is 11.8. The number of carbonyl (C=O) groups is 2. The molecule has 88 valence electrons. The highest BCUT2D eigenvalue weighted by Crippen LogP contribution is 2.06.